The van der Waals surface area contributed by atoms with Gasteiger partial charge in [-0.25, -0.2) is 0 Å². The van der Waals surface area contributed by atoms with Crippen LogP contribution in [-0.2, 0) is 9.53 Å². The van der Waals surface area contributed by atoms with Crippen molar-refractivity contribution in [2.45, 2.75) is 51.6 Å². The lowest BCUT2D eigenvalue weighted by atomic mass is 9.90. The molecule has 0 amide bonds. The first kappa shape index (κ1) is 14.5. The highest BCUT2D eigenvalue weighted by molar-refractivity contribution is 5.72. The van der Waals surface area contributed by atoms with Crippen LogP contribution in [-0.4, -0.2) is 43.2 Å². The second-order valence-corrected chi connectivity index (χ2v) is 5.16. The molecule has 0 aliphatic heterocycles. The van der Waals surface area contributed by atoms with Crippen LogP contribution < -0.4 is 5.73 Å². The average molecular weight is 242 g/mol. The molecule has 100 valence electrons. The van der Waals surface area contributed by atoms with E-state index in [1.54, 1.807) is 0 Å². The van der Waals surface area contributed by atoms with Crippen LogP contribution >= 0.6 is 0 Å². The van der Waals surface area contributed by atoms with Crippen LogP contribution in [0.15, 0.2) is 0 Å². The number of hydrogen-bond donors (Lipinski definition) is 1. The summed E-state index contributed by atoms with van der Waals surface area (Å²) < 4.78 is 5.02. The van der Waals surface area contributed by atoms with Gasteiger partial charge in [-0.1, -0.05) is 6.92 Å². The van der Waals surface area contributed by atoms with E-state index in [0.29, 0.717) is 18.7 Å². The van der Waals surface area contributed by atoms with Crippen molar-refractivity contribution >= 4 is 5.97 Å². The molecule has 17 heavy (non-hydrogen) atoms. The molecule has 0 aromatic carbocycles. The predicted octanol–water partition coefficient (Wildman–Crippen LogP) is 1.39. The van der Waals surface area contributed by atoms with Gasteiger partial charge in [0.05, 0.1) is 12.5 Å². The minimum absolute atomic E-state index is 0.0458. The molecule has 1 aliphatic rings. The van der Waals surface area contributed by atoms with Gasteiger partial charge in [0.25, 0.3) is 0 Å². The molecule has 2 N–H and O–H groups in total. The lowest BCUT2D eigenvalue weighted by Gasteiger charge is -2.34. The van der Waals surface area contributed by atoms with Gasteiger partial charge in [-0.2, -0.15) is 0 Å². The van der Waals surface area contributed by atoms with Crippen LogP contribution in [0.2, 0.25) is 0 Å². The summed E-state index contributed by atoms with van der Waals surface area (Å²) in [6.07, 6.45) is 4.49. The second-order valence-electron chi connectivity index (χ2n) is 5.16. The molecule has 4 nitrogen and oxygen atoms in total. The van der Waals surface area contributed by atoms with Gasteiger partial charge in [0, 0.05) is 18.6 Å². The van der Waals surface area contributed by atoms with Crippen LogP contribution in [0, 0.1) is 5.92 Å². The van der Waals surface area contributed by atoms with Gasteiger partial charge < -0.3 is 15.4 Å². The van der Waals surface area contributed by atoms with Crippen LogP contribution in [0.3, 0.4) is 0 Å². The molecule has 1 saturated carbocycles. The van der Waals surface area contributed by atoms with E-state index in [9.17, 15) is 4.79 Å². The number of nitrogens with zero attached hydrogens (tertiary/aromatic N) is 1. The number of nitrogens with two attached hydrogens (primary N) is 1. The SMILES string of the molecule is CCOC(=O)C(C)CN(C)C1CCC(N)CC1. The van der Waals surface area contributed by atoms with Crippen molar-refractivity contribution in [3.05, 3.63) is 0 Å². The fourth-order valence-electron chi connectivity index (χ4n) is 2.48. The van der Waals surface area contributed by atoms with E-state index in [2.05, 4.69) is 11.9 Å². The average Bonchev–Trinajstić information content (AvgIpc) is 2.30. The summed E-state index contributed by atoms with van der Waals surface area (Å²) in [6, 6.07) is 0.953. The van der Waals surface area contributed by atoms with Crippen LogP contribution in [0.1, 0.15) is 39.5 Å². The first-order chi connectivity index (χ1) is 8.04. The molecule has 1 rings (SSSR count). The molecule has 0 bridgehead atoms. The Morgan fingerprint density at radius 1 is 1.41 bits per heavy atom. The molecule has 0 radical (unpaired) electrons. The van der Waals surface area contributed by atoms with Gasteiger partial charge in [-0.05, 0) is 39.7 Å². The molecular weight excluding hydrogens is 216 g/mol. The summed E-state index contributed by atoms with van der Waals surface area (Å²) in [7, 11) is 2.09. The zero-order valence-corrected chi connectivity index (χ0v) is 11.3. The van der Waals surface area contributed by atoms with E-state index in [1.165, 1.54) is 0 Å². The quantitative estimate of drug-likeness (QED) is 0.740. The minimum atomic E-state index is -0.0909. The van der Waals surface area contributed by atoms with Gasteiger partial charge in [0.1, 0.15) is 0 Å². The molecule has 0 spiro atoms. The summed E-state index contributed by atoms with van der Waals surface area (Å²) >= 11 is 0. The number of rotatable bonds is 5. The Morgan fingerprint density at radius 2 is 2.00 bits per heavy atom. The third kappa shape index (κ3) is 4.64. The number of esters is 1. The summed E-state index contributed by atoms with van der Waals surface area (Å²) in [6.45, 7) is 5.02. The van der Waals surface area contributed by atoms with E-state index in [1.807, 2.05) is 13.8 Å². The van der Waals surface area contributed by atoms with Gasteiger partial charge >= 0.3 is 5.97 Å². The number of carbonyl (C=O) groups excluding carboxylic acids is 1. The molecular formula is C13H26N2O2. The number of ether oxygens (including phenoxy) is 1. The highest BCUT2D eigenvalue weighted by Gasteiger charge is 2.24. The van der Waals surface area contributed by atoms with Crippen molar-refractivity contribution in [3.63, 3.8) is 0 Å². The Hall–Kier alpha value is -0.610. The molecule has 0 saturated heterocycles. The lowest BCUT2D eigenvalue weighted by Crippen LogP contribution is -2.41. The highest BCUT2D eigenvalue weighted by atomic mass is 16.5. The smallest absolute Gasteiger partial charge is 0.309 e. The first-order valence-corrected chi connectivity index (χ1v) is 6.67. The van der Waals surface area contributed by atoms with Crippen molar-refractivity contribution in [1.82, 2.24) is 4.90 Å². The molecule has 4 heteroatoms. The fourth-order valence-corrected chi connectivity index (χ4v) is 2.48. The summed E-state index contributed by atoms with van der Waals surface area (Å²) in [5.41, 5.74) is 5.89. The normalized spacial score (nSPS) is 26.9. The Bertz CT molecular complexity index is 238. The van der Waals surface area contributed by atoms with Crippen molar-refractivity contribution in [2.75, 3.05) is 20.2 Å². The van der Waals surface area contributed by atoms with E-state index in [-0.39, 0.29) is 11.9 Å². The van der Waals surface area contributed by atoms with Gasteiger partial charge in [-0.3, -0.25) is 4.79 Å². The summed E-state index contributed by atoms with van der Waals surface area (Å²) in [4.78, 5) is 13.8. The maximum atomic E-state index is 11.5. The number of carbonyl (C=O) groups is 1. The number of hydrogen-bond acceptors (Lipinski definition) is 4. The van der Waals surface area contributed by atoms with Crippen molar-refractivity contribution in [1.29, 1.82) is 0 Å². The molecule has 0 aromatic rings. The van der Waals surface area contributed by atoms with Gasteiger partial charge in [-0.15, -0.1) is 0 Å². The minimum Gasteiger partial charge on any atom is -0.466 e. The van der Waals surface area contributed by atoms with E-state index in [4.69, 9.17) is 10.5 Å². The predicted molar refractivity (Wildman–Crippen MR) is 68.7 cm³/mol. The fraction of sp³-hybridized carbons (Fsp3) is 0.923. The Labute approximate surface area is 104 Å². The molecule has 1 atom stereocenters. The lowest BCUT2D eigenvalue weighted by molar-refractivity contribution is -0.148. The Kier molecular flexibility index (Phi) is 5.92. The van der Waals surface area contributed by atoms with E-state index in [0.717, 1.165) is 32.2 Å². The van der Waals surface area contributed by atoms with Crippen LogP contribution in [0.25, 0.3) is 0 Å². The Morgan fingerprint density at radius 3 is 2.53 bits per heavy atom. The van der Waals surface area contributed by atoms with Crippen molar-refractivity contribution < 1.29 is 9.53 Å². The van der Waals surface area contributed by atoms with E-state index < -0.39 is 0 Å². The Balaban J connectivity index is 2.32. The largest absolute Gasteiger partial charge is 0.466 e. The topological polar surface area (TPSA) is 55.6 Å². The maximum absolute atomic E-state index is 11.5. The van der Waals surface area contributed by atoms with Crippen molar-refractivity contribution in [3.8, 4) is 0 Å². The monoisotopic (exact) mass is 242 g/mol. The molecule has 1 aliphatic carbocycles. The first-order valence-electron chi connectivity index (χ1n) is 6.67. The highest BCUT2D eigenvalue weighted by Crippen LogP contribution is 2.21. The zero-order valence-electron chi connectivity index (χ0n) is 11.3. The van der Waals surface area contributed by atoms with Crippen LogP contribution in [0.4, 0.5) is 0 Å². The summed E-state index contributed by atoms with van der Waals surface area (Å²) in [5, 5.41) is 0. The van der Waals surface area contributed by atoms with Crippen molar-refractivity contribution in [2.24, 2.45) is 11.7 Å². The third-order valence-electron chi connectivity index (χ3n) is 3.62. The molecule has 0 aromatic heterocycles. The van der Waals surface area contributed by atoms with Gasteiger partial charge in [0.2, 0.25) is 0 Å². The third-order valence-corrected chi connectivity index (χ3v) is 3.62. The molecule has 0 heterocycles. The van der Waals surface area contributed by atoms with E-state index >= 15 is 0 Å². The second kappa shape index (κ2) is 6.97. The standard InChI is InChI=1S/C13H26N2O2/c1-4-17-13(16)10(2)9-15(3)12-7-5-11(14)6-8-12/h10-12H,4-9,14H2,1-3H3. The molecule has 1 unspecified atom stereocenters. The van der Waals surface area contributed by atoms with Crippen LogP contribution in [0.5, 0.6) is 0 Å². The zero-order chi connectivity index (χ0) is 12.8. The molecule has 1 fully saturated rings. The van der Waals surface area contributed by atoms with Gasteiger partial charge in [0.15, 0.2) is 0 Å². The summed E-state index contributed by atoms with van der Waals surface area (Å²) in [5.74, 6) is -0.137. The maximum Gasteiger partial charge on any atom is 0.309 e.